The molecule has 21 heavy (non-hydrogen) atoms. The second kappa shape index (κ2) is 6.83. The van der Waals surface area contributed by atoms with E-state index in [1.807, 2.05) is 13.0 Å². The molecular weight excluding hydrogens is 273 g/mol. The highest BCUT2D eigenvalue weighted by Gasteiger charge is 2.10. The van der Waals surface area contributed by atoms with Gasteiger partial charge in [-0.1, -0.05) is 19.1 Å². The normalized spacial score (nSPS) is 10.4. The van der Waals surface area contributed by atoms with Crippen LogP contribution >= 0.6 is 0 Å². The van der Waals surface area contributed by atoms with Crippen molar-refractivity contribution in [1.29, 1.82) is 0 Å². The summed E-state index contributed by atoms with van der Waals surface area (Å²) in [6.45, 7) is 2.95. The van der Waals surface area contributed by atoms with Crippen LogP contribution in [-0.4, -0.2) is 28.6 Å². The van der Waals surface area contributed by atoms with Gasteiger partial charge in [-0.2, -0.15) is 15.0 Å². The van der Waals surface area contributed by atoms with Crippen molar-refractivity contribution in [3.63, 3.8) is 0 Å². The van der Waals surface area contributed by atoms with Crippen molar-refractivity contribution in [2.75, 3.05) is 24.3 Å². The highest BCUT2D eigenvalue weighted by Crippen LogP contribution is 2.15. The number of anilines is 2. The SMILES string of the molecule is CCCOc1nc(N)nc(N(C)Cc2cccc(F)c2)n1. The van der Waals surface area contributed by atoms with Gasteiger partial charge < -0.3 is 15.4 Å². The van der Waals surface area contributed by atoms with Gasteiger partial charge in [-0.3, -0.25) is 0 Å². The van der Waals surface area contributed by atoms with E-state index in [-0.39, 0.29) is 17.8 Å². The van der Waals surface area contributed by atoms with Gasteiger partial charge in [-0.15, -0.1) is 0 Å². The average molecular weight is 291 g/mol. The number of ether oxygens (including phenoxy) is 1. The van der Waals surface area contributed by atoms with E-state index in [0.717, 1.165) is 12.0 Å². The minimum atomic E-state index is -0.275. The molecule has 7 heteroatoms. The molecule has 6 nitrogen and oxygen atoms in total. The summed E-state index contributed by atoms with van der Waals surface area (Å²) in [5, 5.41) is 0. The smallest absolute Gasteiger partial charge is 0.323 e. The molecule has 0 amide bonds. The lowest BCUT2D eigenvalue weighted by atomic mass is 10.2. The Balaban J connectivity index is 2.14. The van der Waals surface area contributed by atoms with Gasteiger partial charge in [-0.05, 0) is 24.1 Å². The summed E-state index contributed by atoms with van der Waals surface area (Å²) in [5.41, 5.74) is 6.47. The summed E-state index contributed by atoms with van der Waals surface area (Å²) in [4.78, 5) is 13.9. The van der Waals surface area contributed by atoms with Crippen molar-refractivity contribution in [2.24, 2.45) is 0 Å². The first-order valence-corrected chi connectivity index (χ1v) is 6.68. The van der Waals surface area contributed by atoms with Crippen molar-refractivity contribution in [2.45, 2.75) is 19.9 Å². The molecule has 1 aromatic carbocycles. The van der Waals surface area contributed by atoms with Crippen molar-refractivity contribution in [3.8, 4) is 6.01 Å². The Bertz CT molecular complexity index is 608. The van der Waals surface area contributed by atoms with Gasteiger partial charge in [0.05, 0.1) is 6.61 Å². The van der Waals surface area contributed by atoms with Crippen molar-refractivity contribution < 1.29 is 9.13 Å². The molecule has 0 aliphatic rings. The van der Waals surface area contributed by atoms with E-state index in [1.54, 1.807) is 18.0 Å². The maximum absolute atomic E-state index is 13.2. The summed E-state index contributed by atoms with van der Waals surface area (Å²) in [6.07, 6.45) is 0.847. The molecule has 0 saturated heterocycles. The number of halogens is 1. The average Bonchev–Trinajstić information content (AvgIpc) is 2.44. The van der Waals surface area contributed by atoms with Crippen LogP contribution in [0.2, 0.25) is 0 Å². The number of nitrogen functional groups attached to an aromatic ring is 1. The van der Waals surface area contributed by atoms with Crippen LogP contribution in [0.15, 0.2) is 24.3 Å². The van der Waals surface area contributed by atoms with Crippen LogP contribution in [0, 0.1) is 5.82 Å². The van der Waals surface area contributed by atoms with Crippen molar-refractivity contribution in [1.82, 2.24) is 15.0 Å². The predicted molar refractivity (Wildman–Crippen MR) is 78.5 cm³/mol. The number of rotatable bonds is 6. The zero-order valence-corrected chi connectivity index (χ0v) is 12.1. The van der Waals surface area contributed by atoms with Crippen molar-refractivity contribution in [3.05, 3.63) is 35.6 Å². The fourth-order valence-electron chi connectivity index (χ4n) is 1.77. The third-order valence-corrected chi connectivity index (χ3v) is 2.71. The summed E-state index contributed by atoms with van der Waals surface area (Å²) >= 11 is 0. The zero-order valence-electron chi connectivity index (χ0n) is 12.1. The van der Waals surface area contributed by atoms with Gasteiger partial charge in [0.15, 0.2) is 0 Å². The topological polar surface area (TPSA) is 77.2 Å². The monoisotopic (exact) mass is 291 g/mol. The maximum atomic E-state index is 13.2. The largest absolute Gasteiger partial charge is 0.463 e. The Kier molecular flexibility index (Phi) is 4.86. The van der Waals surface area contributed by atoms with Gasteiger partial charge in [0.2, 0.25) is 11.9 Å². The lowest BCUT2D eigenvalue weighted by molar-refractivity contribution is 0.292. The molecule has 0 atom stereocenters. The van der Waals surface area contributed by atoms with E-state index in [4.69, 9.17) is 10.5 Å². The molecule has 0 fully saturated rings. The standard InChI is InChI=1S/C14H18FN5O/c1-3-7-21-14-18-12(16)17-13(19-14)20(2)9-10-5-4-6-11(15)8-10/h4-6,8H,3,7,9H2,1-2H3,(H2,16,17,18,19). The first-order valence-electron chi connectivity index (χ1n) is 6.68. The van der Waals surface area contributed by atoms with Crippen molar-refractivity contribution >= 4 is 11.9 Å². The van der Waals surface area contributed by atoms with Gasteiger partial charge in [0.25, 0.3) is 0 Å². The maximum Gasteiger partial charge on any atom is 0.323 e. The fourth-order valence-corrected chi connectivity index (χ4v) is 1.77. The molecule has 0 aliphatic heterocycles. The Morgan fingerprint density at radius 2 is 2.10 bits per heavy atom. The first-order chi connectivity index (χ1) is 10.1. The molecule has 2 rings (SSSR count). The van der Waals surface area contributed by atoms with Gasteiger partial charge >= 0.3 is 6.01 Å². The second-order valence-corrected chi connectivity index (χ2v) is 4.61. The third kappa shape index (κ3) is 4.27. The van der Waals surface area contributed by atoms with Crippen LogP contribution in [0.1, 0.15) is 18.9 Å². The van der Waals surface area contributed by atoms with Crippen LogP contribution in [-0.2, 0) is 6.54 Å². The molecule has 2 N–H and O–H groups in total. The summed E-state index contributed by atoms with van der Waals surface area (Å²) in [6, 6.07) is 6.57. The van der Waals surface area contributed by atoms with Crippen LogP contribution in [0.5, 0.6) is 6.01 Å². The molecule has 0 bridgehead atoms. The van der Waals surface area contributed by atoms with E-state index in [2.05, 4.69) is 15.0 Å². The summed E-state index contributed by atoms with van der Waals surface area (Å²) in [5.74, 6) is 0.207. The number of nitrogens with zero attached hydrogens (tertiary/aromatic N) is 4. The van der Waals surface area contributed by atoms with E-state index in [9.17, 15) is 4.39 Å². The molecule has 0 radical (unpaired) electrons. The van der Waals surface area contributed by atoms with E-state index >= 15 is 0 Å². The van der Waals surface area contributed by atoms with Gasteiger partial charge in [-0.25, -0.2) is 4.39 Å². The van der Waals surface area contributed by atoms with Gasteiger partial charge in [0.1, 0.15) is 5.82 Å². The molecule has 0 aliphatic carbocycles. The fraction of sp³-hybridized carbons (Fsp3) is 0.357. The van der Waals surface area contributed by atoms with E-state index < -0.39 is 0 Å². The lowest BCUT2D eigenvalue weighted by Gasteiger charge is -2.17. The second-order valence-electron chi connectivity index (χ2n) is 4.61. The summed E-state index contributed by atoms with van der Waals surface area (Å²) < 4.78 is 18.6. The van der Waals surface area contributed by atoms with E-state index in [1.165, 1.54) is 12.1 Å². The first kappa shape index (κ1) is 15.0. The number of hydrogen-bond acceptors (Lipinski definition) is 6. The Labute approximate surface area is 122 Å². The van der Waals surface area contributed by atoms with Crippen LogP contribution in [0.4, 0.5) is 16.3 Å². The minimum absolute atomic E-state index is 0.0946. The Morgan fingerprint density at radius 3 is 2.81 bits per heavy atom. The zero-order chi connectivity index (χ0) is 15.2. The highest BCUT2D eigenvalue weighted by atomic mass is 19.1. The highest BCUT2D eigenvalue weighted by molar-refractivity contribution is 5.36. The number of nitrogens with two attached hydrogens (primary N) is 1. The van der Waals surface area contributed by atoms with Gasteiger partial charge in [0, 0.05) is 13.6 Å². The van der Waals surface area contributed by atoms with Crippen LogP contribution < -0.4 is 15.4 Å². The third-order valence-electron chi connectivity index (χ3n) is 2.71. The number of benzene rings is 1. The molecule has 0 spiro atoms. The van der Waals surface area contributed by atoms with E-state index in [0.29, 0.717) is 19.1 Å². The molecule has 1 aromatic heterocycles. The minimum Gasteiger partial charge on any atom is -0.463 e. The molecule has 1 heterocycles. The molecular formula is C14H18FN5O. The number of aromatic nitrogens is 3. The molecule has 2 aromatic rings. The summed E-state index contributed by atoms with van der Waals surface area (Å²) in [7, 11) is 1.79. The lowest BCUT2D eigenvalue weighted by Crippen LogP contribution is -2.20. The predicted octanol–water partition coefficient (Wildman–Crippen LogP) is 2.02. The molecule has 0 saturated carbocycles. The Hall–Kier alpha value is -2.44. The molecule has 0 unspecified atom stereocenters. The number of hydrogen-bond donors (Lipinski definition) is 1. The Morgan fingerprint density at radius 1 is 1.29 bits per heavy atom. The van der Waals surface area contributed by atoms with Crippen LogP contribution in [0.25, 0.3) is 0 Å². The quantitative estimate of drug-likeness (QED) is 0.877. The van der Waals surface area contributed by atoms with Crippen LogP contribution in [0.3, 0.4) is 0 Å². The molecule has 112 valence electrons.